The number of halogens is 3. The number of benzene rings is 1. The van der Waals surface area contributed by atoms with E-state index in [1.54, 1.807) is 18.3 Å². The van der Waals surface area contributed by atoms with Gasteiger partial charge in [-0.3, -0.25) is 9.59 Å². The Labute approximate surface area is 180 Å². The van der Waals surface area contributed by atoms with Crippen LogP contribution < -0.4 is 5.32 Å². The number of likely N-dealkylation sites (tertiary alicyclic amines) is 1. The van der Waals surface area contributed by atoms with Crippen LogP contribution in [0.1, 0.15) is 28.0 Å². The van der Waals surface area contributed by atoms with Crippen LogP contribution >= 0.6 is 22.6 Å². The van der Waals surface area contributed by atoms with Gasteiger partial charge < -0.3 is 14.8 Å². The molecule has 2 aromatic rings. The molecule has 0 spiro atoms. The third-order valence-corrected chi connectivity index (χ3v) is 5.50. The number of nitrogens with zero attached hydrogens (tertiary/aromatic N) is 3. The van der Waals surface area contributed by atoms with E-state index in [0.29, 0.717) is 12.1 Å². The molecular formula is C20H19F2IN4O2. The van der Waals surface area contributed by atoms with Gasteiger partial charge in [0.25, 0.3) is 11.8 Å². The van der Waals surface area contributed by atoms with Gasteiger partial charge >= 0.3 is 0 Å². The van der Waals surface area contributed by atoms with E-state index >= 15 is 0 Å². The Balaban J connectivity index is 1.60. The second-order valence-corrected chi connectivity index (χ2v) is 8.28. The van der Waals surface area contributed by atoms with Crippen molar-refractivity contribution in [3.8, 4) is 6.07 Å². The fourth-order valence-corrected chi connectivity index (χ4v) is 3.61. The minimum Gasteiger partial charge on any atom is -0.347 e. The van der Waals surface area contributed by atoms with Gasteiger partial charge in [-0.05, 0) is 53.3 Å². The van der Waals surface area contributed by atoms with Crippen molar-refractivity contribution in [1.82, 2.24) is 14.8 Å². The highest BCUT2D eigenvalue weighted by Crippen LogP contribution is 2.31. The Kier molecular flexibility index (Phi) is 6.21. The van der Waals surface area contributed by atoms with Crippen LogP contribution in [0.4, 0.5) is 8.78 Å². The molecule has 2 amide bonds. The Bertz CT molecular complexity index is 966. The third-order valence-electron chi connectivity index (χ3n) is 4.78. The topological polar surface area (TPSA) is 78.1 Å². The molecule has 0 radical (unpaired) electrons. The van der Waals surface area contributed by atoms with Crippen LogP contribution in [0.15, 0.2) is 36.5 Å². The molecule has 1 aromatic carbocycles. The monoisotopic (exact) mass is 512 g/mol. The molecule has 2 heterocycles. The maximum Gasteiger partial charge on any atom is 0.268 e. The maximum absolute atomic E-state index is 13.5. The SMILES string of the molecule is Cc1cc(C(=O)NCC(=O)N2CC(F)(F)C[C@H]2C#N)cn1Cc1ccc(I)cc1. The van der Waals surface area contributed by atoms with Gasteiger partial charge in [-0.25, -0.2) is 8.78 Å². The normalized spacial score (nSPS) is 17.8. The quantitative estimate of drug-likeness (QED) is 0.627. The first kappa shape index (κ1) is 21.2. The molecule has 1 atom stereocenters. The van der Waals surface area contributed by atoms with Crippen LogP contribution in [0.5, 0.6) is 0 Å². The fourth-order valence-electron chi connectivity index (χ4n) is 3.25. The molecule has 1 fully saturated rings. The van der Waals surface area contributed by atoms with Crippen molar-refractivity contribution in [2.24, 2.45) is 0 Å². The molecule has 1 aliphatic heterocycles. The number of aromatic nitrogens is 1. The van der Waals surface area contributed by atoms with E-state index in [0.717, 1.165) is 19.7 Å². The van der Waals surface area contributed by atoms with E-state index in [2.05, 4.69) is 27.9 Å². The van der Waals surface area contributed by atoms with E-state index < -0.39 is 43.3 Å². The molecule has 3 rings (SSSR count). The van der Waals surface area contributed by atoms with Gasteiger partial charge in [-0.15, -0.1) is 0 Å². The molecule has 1 saturated heterocycles. The first-order chi connectivity index (χ1) is 13.7. The molecule has 152 valence electrons. The Morgan fingerprint density at radius 3 is 2.69 bits per heavy atom. The summed E-state index contributed by atoms with van der Waals surface area (Å²) in [5.74, 6) is -4.25. The summed E-state index contributed by atoms with van der Waals surface area (Å²) in [6.07, 6.45) is 1.01. The second kappa shape index (κ2) is 8.49. The van der Waals surface area contributed by atoms with Crippen LogP contribution in [0.3, 0.4) is 0 Å². The number of nitriles is 1. The highest BCUT2D eigenvalue weighted by molar-refractivity contribution is 14.1. The summed E-state index contributed by atoms with van der Waals surface area (Å²) in [7, 11) is 0. The first-order valence-electron chi connectivity index (χ1n) is 8.95. The number of aryl methyl sites for hydroxylation is 1. The molecule has 0 aliphatic carbocycles. The molecule has 0 bridgehead atoms. The van der Waals surface area contributed by atoms with Crippen LogP contribution in [0, 0.1) is 21.8 Å². The number of hydrogen-bond donors (Lipinski definition) is 1. The average molecular weight is 512 g/mol. The molecule has 1 aliphatic rings. The zero-order chi connectivity index (χ0) is 21.2. The van der Waals surface area contributed by atoms with Crippen molar-refractivity contribution in [3.63, 3.8) is 0 Å². The summed E-state index contributed by atoms with van der Waals surface area (Å²) in [6, 6.07) is 10.3. The van der Waals surface area contributed by atoms with Gasteiger partial charge in [-0.1, -0.05) is 12.1 Å². The van der Waals surface area contributed by atoms with Gasteiger partial charge in [0.2, 0.25) is 5.91 Å². The molecular weight excluding hydrogens is 493 g/mol. The van der Waals surface area contributed by atoms with Crippen LogP contribution in [-0.2, 0) is 11.3 Å². The summed E-state index contributed by atoms with van der Waals surface area (Å²) in [4.78, 5) is 25.4. The average Bonchev–Trinajstić information content (AvgIpc) is 3.20. The predicted molar refractivity (Wildman–Crippen MR) is 110 cm³/mol. The minimum atomic E-state index is -3.08. The van der Waals surface area contributed by atoms with Crippen LogP contribution in [0.2, 0.25) is 0 Å². The fraction of sp³-hybridized carbons (Fsp3) is 0.350. The number of nitrogens with one attached hydrogen (secondary N) is 1. The first-order valence-corrected chi connectivity index (χ1v) is 10.0. The van der Waals surface area contributed by atoms with Crippen molar-refractivity contribution in [1.29, 1.82) is 5.26 Å². The molecule has 1 aromatic heterocycles. The third kappa shape index (κ3) is 5.12. The predicted octanol–water partition coefficient (Wildman–Crippen LogP) is 2.94. The van der Waals surface area contributed by atoms with E-state index in [1.807, 2.05) is 35.8 Å². The van der Waals surface area contributed by atoms with Crippen molar-refractivity contribution >= 4 is 34.4 Å². The lowest BCUT2D eigenvalue weighted by atomic mass is 10.2. The number of carbonyl (C=O) groups is 2. The lowest BCUT2D eigenvalue weighted by molar-refractivity contribution is -0.131. The van der Waals surface area contributed by atoms with Crippen molar-refractivity contribution in [3.05, 3.63) is 56.9 Å². The Morgan fingerprint density at radius 1 is 1.34 bits per heavy atom. The van der Waals surface area contributed by atoms with E-state index in [9.17, 15) is 18.4 Å². The maximum atomic E-state index is 13.5. The number of carbonyl (C=O) groups excluding carboxylic acids is 2. The van der Waals surface area contributed by atoms with Crippen LogP contribution in [-0.4, -0.2) is 46.3 Å². The van der Waals surface area contributed by atoms with Gasteiger partial charge in [0.05, 0.1) is 24.7 Å². The van der Waals surface area contributed by atoms with Crippen molar-refractivity contribution in [2.45, 2.75) is 31.9 Å². The standard InChI is InChI=1S/C20H19F2IN4O2/c1-13-6-15(11-26(13)10-14-2-4-16(23)5-3-14)19(29)25-9-18(28)27-12-20(21,22)7-17(27)8-24/h2-6,11,17H,7,9-10,12H2,1H3,(H,25,29)/t17-/m0/s1. The number of alkyl halides is 2. The van der Waals surface area contributed by atoms with Gasteiger partial charge in [0.1, 0.15) is 6.04 Å². The summed E-state index contributed by atoms with van der Waals surface area (Å²) in [6.45, 7) is 1.24. The van der Waals surface area contributed by atoms with Gasteiger partial charge in [0.15, 0.2) is 0 Å². The number of amides is 2. The van der Waals surface area contributed by atoms with Gasteiger partial charge in [0, 0.05) is 28.4 Å². The number of hydrogen-bond acceptors (Lipinski definition) is 3. The van der Waals surface area contributed by atoms with Crippen molar-refractivity contribution < 1.29 is 18.4 Å². The highest BCUT2D eigenvalue weighted by atomic mass is 127. The molecule has 9 heteroatoms. The lowest BCUT2D eigenvalue weighted by Crippen LogP contribution is -2.42. The molecule has 0 saturated carbocycles. The molecule has 1 N–H and O–H groups in total. The smallest absolute Gasteiger partial charge is 0.268 e. The summed E-state index contributed by atoms with van der Waals surface area (Å²) >= 11 is 2.23. The molecule has 6 nitrogen and oxygen atoms in total. The minimum absolute atomic E-state index is 0.379. The summed E-state index contributed by atoms with van der Waals surface area (Å²) < 4.78 is 30.0. The summed E-state index contributed by atoms with van der Waals surface area (Å²) in [5.41, 5.74) is 2.34. The van der Waals surface area contributed by atoms with E-state index in [1.165, 1.54) is 0 Å². The molecule has 0 unspecified atom stereocenters. The summed E-state index contributed by atoms with van der Waals surface area (Å²) in [5, 5.41) is 11.4. The van der Waals surface area contributed by atoms with E-state index in [-0.39, 0.29) is 0 Å². The lowest BCUT2D eigenvalue weighted by Gasteiger charge is -2.19. The molecule has 29 heavy (non-hydrogen) atoms. The number of rotatable bonds is 5. The Hall–Kier alpha value is -2.48. The second-order valence-electron chi connectivity index (χ2n) is 7.03. The zero-order valence-corrected chi connectivity index (χ0v) is 17.8. The van der Waals surface area contributed by atoms with Gasteiger partial charge in [-0.2, -0.15) is 5.26 Å². The van der Waals surface area contributed by atoms with Crippen LogP contribution in [0.25, 0.3) is 0 Å². The highest BCUT2D eigenvalue weighted by Gasteiger charge is 2.47. The largest absolute Gasteiger partial charge is 0.347 e. The van der Waals surface area contributed by atoms with Crippen molar-refractivity contribution in [2.75, 3.05) is 13.1 Å². The Morgan fingerprint density at radius 2 is 2.03 bits per heavy atom. The zero-order valence-electron chi connectivity index (χ0n) is 15.7. The van der Waals surface area contributed by atoms with E-state index in [4.69, 9.17) is 5.26 Å².